The molecule has 0 bridgehead atoms. The Bertz CT molecular complexity index is 2440. The van der Waals surface area contributed by atoms with Gasteiger partial charge in [-0.05, 0) is 51.1 Å². The second-order valence-electron chi connectivity index (χ2n) is 17.1. The number of rotatable bonds is 5. The van der Waals surface area contributed by atoms with Crippen LogP contribution < -0.4 is 10.4 Å². The summed E-state index contributed by atoms with van der Waals surface area (Å²) in [6, 6.07) is 62.9. The van der Waals surface area contributed by atoms with E-state index < -0.39 is 0 Å². The molecule has 0 atom stereocenters. The Labute approximate surface area is 363 Å². The first kappa shape index (κ1) is 42.1. The van der Waals surface area contributed by atoms with Crippen molar-refractivity contribution in [3.05, 3.63) is 198 Å². The zero-order valence-electron chi connectivity index (χ0n) is 34.7. The molecule has 9 rings (SSSR count). The van der Waals surface area contributed by atoms with Gasteiger partial charge in [0.15, 0.2) is 0 Å². The quantitative estimate of drug-likeness (QED) is 0.120. The fourth-order valence-electron chi connectivity index (χ4n) is 7.66. The third kappa shape index (κ3) is 10.2. The number of hydrogen-bond donors (Lipinski definition) is 0. The molecular weight excluding hydrogens is 780 g/mol. The number of fused-ring (bicyclic) bond motifs is 5. The molecule has 0 unspecified atom stereocenters. The van der Waals surface area contributed by atoms with Gasteiger partial charge in [0.25, 0.3) is 0 Å². The van der Waals surface area contributed by atoms with E-state index in [2.05, 4.69) is 218 Å². The van der Waals surface area contributed by atoms with Gasteiger partial charge in [0.1, 0.15) is 9.52 Å². The summed E-state index contributed by atoms with van der Waals surface area (Å²) in [5.74, 6) is 0. The molecule has 282 valence electrons. The first-order valence-electron chi connectivity index (χ1n) is 20.2. The maximum Gasteiger partial charge on any atom is 2.00 e. The summed E-state index contributed by atoms with van der Waals surface area (Å²) in [4.78, 5) is 0. The smallest absolute Gasteiger partial charge is 0.175 e. The van der Waals surface area contributed by atoms with Crippen molar-refractivity contribution in [2.75, 3.05) is 0 Å². The van der Waals surface area contributed by atoms with Crippen LogP contribution in [0.4, 0.5) is 0 Å². The number of hydrogen-bond acceptors (Lipinski definition) is 0. The molecule has 0 spiro atoms. The van der Waals surface area contributed by atoms with Crippen LogP contribution in [-0.2, 0) is 49.9 Å². The van der Waals surface area contributed by atoms with Gasteiger partial charge in [-0.25, -0.2) is 0 Å². The van der Waals surface area contributed by atoms with Crippen molar-refractivity contribution in [2.24, 2.45) is 0 Å². The summed E-state index contributed by atoms with van der Waals surface area (Å²) in [5, 5.41) is 8.16. The summed E-state index contributed by atoms with van der Waals surface area (Å²) < 4.78 is 0. The molecule has 57 heavy (non-hydrogen) atoms. The molecule has 0 N–H and O–H groups in total. The van der Waals surface area contributed by atoms with Crippen molar-refractivity contribution >= 4 is 41.4 Å². The second-order valence-corrected chi connectivity index (χ2v) is 18.5. The summed E-state index contributed by atoms with van der Waals surface area (Å²) in [6.45, 7) is 15.8. The first-order valence-corrected chi connectivity index (χ1v) is 21.2. The Morgan fingerprint density at radius 1 is 0.561 bits per heavy atom. The van der Waals surface area contributed by atoms with Gasteiger partial charge in [0.05, 0.1) is 0 Å². The predicted molar refractivity (Wildman–Crippen MR) is 245 cm³/mol. The molecule has 0 heterocycles. The van der Waals surface area contributed by atoms with Crippen molar-refractivity contribution in [3.8, 4) is 22.3 Å². The van der Waals surface area contributed by atoms with Gasteiger partial charge in [0, 0.05) is 0 Å². The third-order valence-electron chi connectivity index (χ3n) is 10.7. The van der Waals surface area contributed by atoms with Crippen molar-refractivity contribution < 1.29 is 26.2 Å². The fraction of sp³-hybridized carbons (Fsp3) is 0.218. The van der Waals surface area contributed by atoms with E-state index in [0.29, 0.717) is 0 Å². The van der Waals surface area contributed by atoms with Crippen LogP contribution in [-0.4, -0.2) is 9.52 Å². The number of benzene rings is 7. The van der Waals surface area contributed by atoms with E-state index in [-0.39, 0.29) is 37.0 Å². The van der Waals surface area contributed by atoms with Crippen LogP contribution in [0.5, 0.6) is 0 Å². The van der Waals surface area contributed by atoms with Crippen LogP contribution in [0.1, 0.15) is 82.7 Å². The predicted octanol–water partition coefficient (Wildman–Crippen LogP) is 13.3. The minimum atomic E-state index is 0. The van der Waals surface area contributed by atoms with Gasteiger partial charge in [-0.3, -0.25) is 0 Å². The zero-order valence-corrected chi connectivity index (χ0v) is 38.2. The van der Waals surface area contributed by atoms with Gasteiger partial charge in [-0.1, -0.05) is 204 Å². The van der Waals surface area contributed by atoms with Gasteiger partial charge >= 0.3 is 26.2 Å². The van der Waals surface area contributed by atoms with E-state index in [1.165, 1.54) is 88.4 Å². The Kier molecular flexibility index (Phi) is 13.6. The molecule has 8 aromatic carbocycles. The van der Waals surface area contributed by atoms with E-state index in [0.717, 1.165) is 22.4 Å². The molecule has 0 aliphatic heterocycles. The van der Waals surface area contributed by atoms with Crippen molar-refractivity contribution in [1.29, 1.82) is 0 Å². The second kappa shape index (κ2) is 18.4. The largest absolute Gasteiger partial charge is 2.00 e. The van der Waals surface area contributed by atoms with Crippen LogP contribution in [0.15, 0.2) is 164 Å². The molecule has 2 radical (unpaired) electrons. The molecule has 0 aromatic heterocycles. The Hall–Kier alpha value is -4.49. The molecule has 0 saturated carbocycles. The molecule has 0 fully saturated rings. The van der Waals surface area contributed by atoms with Gasteiger partial charge in [0.2, 0.25) is 0 Å². The Morgan fingerprint density at radius 3 is 1.81 bits per heavy atom. The van der Waals surface area contributed by atoms with Gasteiger partial charge in [-0.15, -0.1) is 45.7 Å². The fourth-order valence-corrected chi connectivity index (χ4v) is 8.71. The molecule has 2 heteroatoms. The molecule has 0 amide bonds. The van der Waals surface area contributed by atoms with Crippen molar-refractivity contribution in [2.45, 2.75) is 78.6 Å². The standard InChI is InChI=1S/C22H19.C21H25.C12H10Si.Zr/c1-2-7-16-14-18-10-6-13-21(22(18)15-16)20-12-5-9-17-8-3-4-11-19(17)20;1-20(2,3)16-7-9-18-14(12-16)11-15-13-17(21(4,5)6)8-10-19(15)18;1-3-7-11(8-4-1)13-12-9-5-2-6-10-12;/h3-6,8-15H,2,7H2,1H3;7-10,12H,11H2,1-6H3;1-10H;/q2*-1;;+2. The molecule has 8 aromatic rings. The van der Waals surface area contributed by atoms with Crippen LogP contribution in [0.3, 0.4) is 0 Å². The monoisotopic (exact) mass is 832 g/mol. The van der Waals surface area contributed by atoms with Gasteiger partial charge < -0.3 is 0 Å². The van der Waals surface area contributed by atoms with E-state index in [4.69, 9.17) is 0 Å². The molecule has 0 nitrogen and oxygen atoms in total. The molecule has 0 saturated heterocycles. The third-order valence-corrected chi connectivity index (χ3v) is 12.0. The van der Waals surface area contributed by atoms with Crippen molar-refractivity contribution in [1.82, 2.24) is 0 Å². The summed E-state index contributed by atoms with van der Waals surface area (Å²) in [5.41, 5.74) is 12.8. The maximum absolute atomic E-state index is 3.67. The first-order chi connectivity index (χ1) is 27.0. The summed E-state index contributed by atoms with van der Waals surface area (Å²) in [6.07, 6.45) is 3.38. The summed E-state index contributed by atoms with van der Waals surface area (Å²) in [7, 11) is 0.777. The Morgan fingerprint density at radius 2 is 1.16 bits per heavy atom. The Balaban J connectivity index is 0.000000148. The van der Waals surface area contributed by atoms with Gasteiger partial charge in [-0.2, -0.15) is 29.8 Å². The van der Waals surface area contributed by atoms with Crippen LogP contribution in [0.2, 0.25) is 0 Å². The number of aryl methyl sites for hydroxylation is 1. The van der Waals surface area contributed by atoms with E-state index in [1.54, 1.807) is 0 Å². The minimum absolute atomic E-state index is 0. The average Bonchev–Trinajstić information content (AvgIpc) is 3.79. The van der Waals surface area contributed by atoms with Crippen LogP contribution >= 0.6 is 0 Å². The maximum atomic E-state index is 3.67. The SMILES string of the molecule is CC(C)(C)c1[c-]c2c(cc1)-c1ccc(C(C)(C)C)cc1C2.CCCc1cc2c(-c3cccc4ccccc34)cccc2[cH-]1.[Zr+2].c1ccc([Si]c2ccccc2)cc1. The minimum Gasteiger partial charge on any atom is -0.175 e. The molecule has 1 aliphatic carbocycles. The molecular formula is C55H54SiZr. The topological polar surface area (TPSA) is 0 Å². The average molecular weight is 834 g/mol. The molecule has 1 aliphatic rings. The van der Waals surface area contributed by atoms with Crippen LogP contribution in [0.25, 0.3) is 43.8 Å². The van der Waals surface area contributed by atoms with Crippen molar-refractivity contribution in [3.63, 3.8) is 0 Å². The van der Waals surface area contributed by atoms with Crippen LogP contribution in [0, 0.1) is 6.07 Å². The zero-order chi connectivity index (χ0) is 39.3. The van der Waals surface area contributed by atoms with E-state index in [1.807, 2.05) is 0 Å². The normalized spacial score (nSPS) is 11.8. The van der Waals surface area contributed by atoms with E-state index in [9.17, 15) is 0 Å². The van der Waals surface area contributed by atoms with E-state index >= 15 is 0 Å². The summed E-state index contributed by atoms with van der Waals surface area (Å²) >= 11 is 0.